The molecule has 2 heterocycles. The van der Waals surface area contributed by atoms with Crippen molar-refractivity contribution in [2.45, 2.75) is 57.9 Å². The molecule has 4 rings (SSSR count). The second-order valence-corrected chi connectivity index (χ2v) is 8.76. The fraction of sp³-hybridized carbons (Fsp3) is 0.444. The van der Waals surface area contributed by atoms with Gasteiger partial charge in [0, 0.05) is 30.3 Å². The predicted octanol–water partition coefficient (Wildman–Crippen LogP) is 5.51. The first-order valence-electron chi connectivity index (χ1n) is 11.6. The number of hydrogen-bond acceptors (Lipinski definition) is 3. The number of rotatable bonds is 8. The van der Waals surface area contributed by atoms with Crippen molar-refractivity contribution < 1.29 is 0 Å². The highest BCUT2D eigenvalue weighted by molar-refractivity contribution is 5.78. The molecule has 2 aromatic rings. The molecule has 158 valence electrons. The molecule has 2 fully saturated rings. The molecule has 0 spiro atoms. The molecule has 1 saturated carbocycles. The molecule has 0 amide bonds. The minimum Gasteiger partial charge on any atom is -0.388 e. The topological polar surface area (TPSA) is 28.2 Å². The van der Waals surface area contributed by atoms with Gasteiger partial charge < -0.3 is 5.32 Å². The Bertz CT molecular complexity index is 854. The summed E-state index contributed by atoms with van der Waals surface area (Å²) in [6, 6.07) is 15.9. The summed E-state index contributed by atoms with van der Waals surface area (Å²) < 4.78 is 0. The van der Waals surface area contributed by atoms with Gasteiger partial charge in [0.2, 0.25) is 0 Å². The molecule has 1 aromatic carbocycles. The van der Waals surface area contributed by atoms with Gasteiger partial charge in [-0.3, -0.25) is 9.88 Å². The quantitative estimate of drug-likeness (QED) is 0.632. The average Bonchev–Trinajstić information content (AvgIpc) is 3.47. The summed E-state index contributed by atoms with van der Waals surface area (Å²) in [5, 5.41) is 3.55. The number of aryl methyl sites for hydroxylation is 1. The largest absolute Gasteiger partial charge is 0.388 e. The van der Waals surface area contributed by atoms with Crippen LogP contribution in [0.2, 0.25) is 0 Å². The van der Waals surface area contributed by atoms with Gasteiger partial charge in [0.1, 0.15) is 0 Å². The van der Waals surface area contributed by atoms with Crippen LogP contribution in [0.5, 0.6) is 0 Å². The number of allylic oxidation sites excluding steroid dienone is 1. The number of benzene rings is 1. The summed E-state index contributed by atoms with van der Waals surface area (Å²) in [7, 11) is 0. The maximum absolute atomic E-state index is 5.02. The lowest BCUT2D eigenvalue weighted by Crippen LogP contribution is -2.19. The van der Waals surface area contributed by atoms with Gasteiger partial charge in [-0.15, -0.1) is 0 Å². The lowest BCUT2D eigenvalue weighted by molar-refractivity contribution is 0.377. The minimum atomic E-state index is 0.669. The maximum Gasteiger partial charge on any atom is 0.0708 e. The van der Waals surface area contributed by atoms with Gasteiger partial charge in [-0.05, 0) is 69.6 Å². The zero-order valence-electron chi connectivity index (χ0n) is 18.3. The van der Waals surface area contributed by atoms with Crippen molar-refractivity contribution in [3.63, 3.8) is 0 Å². The van der Waals surface area contributed by atoms with Crippen LogP contribution in [0, 0.1) is 6.92 Å². The van der Waals surface area contributed by atoms with Crippen LogP contribution in [-0.4, -0.2) is 35.6 Å². The van der Waals surface area contributed by atoms with E-state index in [-0.39, 0.29) is 0 Å². The van der Waals surface area contributed by atoms with Crippen LogP contribution >= 0.6 is 0 Å². The first-order valence-corrected chi connectivity index (χ1v) is 11.6. The van der Waals surface area contributed by atoms with E-state index in [1.165, 1.54) is 68.3 Å². The van der Waals surface area contributed by atoms with E-state index in [1.54, 1.807) is 0 Å². The van der Waals surface area contributed by atoms with Gasteiger partial charge in [0.05, 0.1) is 5.69 Å². The third-order valence-corrected chi connectivity index (χ3v) is 6.33. The normalized spacial score (nSPS) is 18.5. The van der Waals surface area contributed by atoms with Crippen LogP contribution in [-0.2, 0) is 6.42 Å². The van der Waals surface area contributed by atoms with E-state index >= 15 is 0 Å². The average molecular weight is 402 g/mol. The number of nitrogens with zero attached hydrogens (tertiary/aromatic N) is 2. The fourth-order valence-corrected chi connectivity index (χ4v) is 4.51. The van der Waals surface area contributed by atoms with Crippen LogP contribution in [0.4, 0.5) is 0 Å². The van der Waals surface area contributed by atoms with Crippen molar-refractivity contribution in [3.05, 3.63) is 83.3 Å². The highest BCUT2D eigenvalue weighted by atomic mass is 15.1. The zero-order chi connectivity index (χ0) is 20.6. The first-order chi connectivity index (χ1) is 14.8. The zero-order valence-corrected chi connectivity index (χ0v) is 18.3. The van der Waals surface area contributed by atoms with Crippen molar-refractivity contribution in [1.29, 1.82) is 0 Å². The molecule has 1 saturated heterocycles. The van der Waals surface area contributed by atoms with Crippen LogP contribution in [0.15, 0.2) is 60.8 Å². The molecule has 0 bridgehead atoms. The standard InChI is InChI=1S/C27H35N3/c1-22-13-15-23(16-14-22)26(17-21-30-19-4-5-20-30)27-12-6-10-25(29-27)11-7-18-28-24-8-2-3-9-24/h6-7,10,12-18,24,28H,2-5,8-9,11,19-21H2,1H3. The number of likely N-dealkylation sites (tertiary alicyclic amines) is 1. The third-order valence-electron chi connectivity index (χ3n) is 6.33. The van der Waals surface area contributed by atoms with Crippen molar-refractivity contribution in [2.75, 3.05) is 19.6 Å². The SMILES string of the molecule is Cc1ccc(C(=CCN2CCCC2)c2cccc(CC=CNC3CCCC3)n2)cc1. The van der Waals surface area contributed by atoms with Gasteiger partial charge in [0.25, 0.3) is 0 Å². The Balaban J connectivity index is 1.49. The van der Waals surface area contributed by atoms with E-state index < -0.39 is 0 Å². The number of hydrogen-bond donors (Lipinski definition) is 1. The van der Waals surface area contributed by atoms with Gasteiger partial charge in [0.15, 0.2) is 0 Å². The number of aromatic nitrogens is 1. The fourth-order valence-electron chi connectivity index (χ4n) is 4.51. The first kappa shape index (κ1) is 20.9. The molecule has 30 heavy (non-hydrogen) atoms. The monoisotopic (exact) mass is 401 g/mol. The lowest BCUT2D eigenvalue weighted by atomic mass is 10.00. The molecule has 0 atom stereocenters. The van der Waals surface area contributed by atoms with E-state index in [2.05, 4.69) is 78.0 Å². The maximum atomic E-state index is 5.02. The minimum absolute atomic E-state index is 0.669. The van der Waals surface area contributed by atoms with E-state index in [4.69, 9.17) is 4.98 Å². The van der Waals surface area contributed by atoms with Crippen LogP contribution in [0.1, 0.15) is 61.0 Å². The number of nitrogens with one attached hydrogen (secondary N) is 1. The summed E-state index contributed by atoms with van der Waals surface area (Å²) >= 11 is 0. The highest BCUT2D eigenvalue weighted by Gasteiger charge is 2.13. The molecule has 0 radical (unpaired) electrons. The summed E-state index contributed by atoms with van der Waals surface area (Å²) in [5.41, 5.74) is 5.99. The Morgan fingerprint density at radius 2 is 1.80 bits per heavy atom. The van der Waals surface area contributed by atoms with Gasteiger partial charge in [-0.1, -0.05) is 60.9 Å². The van der Waals surface area contributed by atoms with Crippen molar-refractivity contribution in [1.82, 2.24) is 15.2 Å². The smallest absolute Gasteiger partial charge is 0.0708 e. The van der Waals surface area contributed by atoms with Crippen molar-refractivity contribution in [3.8, 4) is 0 Å². The van der Waals surface area contributed by atoms with E-state index in [0.717, 1.165) is 24.4 Å². The molecule has 1 aromatic heterocycles. The molecule has 1 N–H and O–H groups in total. The van der Waals surface area contributed by atoms with Gasteiger partial charge >= 0.3 is 0 Å². The highest BCUT2D eigenvalue weighted by Crippen LogP contribution is 2.23. The van der Waals surface area contributed by atoms with Gasteiger partial charge in [-0.25, -0.2) is 0 Å². The van der Waals surface area contributed by atoms with E-state index in [1.807, 2.05) is 0 Å². The van der Waals surface area contributed by atoms with Crippen LogP contribution in [0.3, 0.4) is 0 Å². The predicted molar refractivity (Wildman–Crippen MR) is 126 cm³/mol. The van der Waals surface area contributed by atoms with Crippen molar-refractivity contribution >= 4 is 5.57 Å². The molecule has 0 unspecified atom stereocenters. The van der Waals surface area contributed by atoms with Crippen LogP contribution < -0.4 is 5.32 Å². The third kappa shape index (κ3) is 5.82. The molecule has 2 aliphatic rings. The lowest BCUT2D eigenvalue weighted by Gasteiger charge is -2.14. The summed E-state index contributed by atoms with van der Waals surface area (Å²) in [4.78, 5) is 7.56. The molecule has 3 heteroatoms. The molecule has 1 aliphatic carbocycles. The molecule has 1 aliphatic heterocycles. The second-order valence-electron chi connectivity index (χ2n) is 8.76. The molecule has 3 nitrogen and oxygen atoms in total. The Hall–Kier alpha value is -2.39. The summed E-state index contributed by atoms with van der Waals surface area (Å²) in [6.07, 6.45) is 15.6. The number of pyridine rings is 1. The van der Waals surface area contributed by atoms with Gasteiger partial charge in [-0.2, -0.15) is 0 Å². The van der Waals surface area contributed by atoms with E-state index in [0.29, 0.717) is 6.04 Å². The molecular weight excluding hydrogens is 366 g/mol. The Kier molecular flexibility index (Phi) is 7.36. The van der Waals surface area contributed by atoms with Crippen molar-refractivity contribution in [2.24, 2.45) is 0 Å². The summed E-state index contributed by atoms with van der Waals surface area (Å²) in [5.74, 6) is 0. The Morgan fingerprint density at radius 3 is 2.57 bits per heavy atom. The van der Waals surface area contributed by atoms with E-state index in [9.17, 15) is 0 Å². The molecular formula is C27H35N3. The Labute approximate surface area is 181 Å². The Morgan fingerprint density at radius 1 is 1.03 bits per heavy atom. The van der Waals surface area contributed by atoms with Crippen LogP contribution in [0.25, 0.3) is 5.57 Å². The second kappa shape index (κ2) is 10.6. The summed E-state index contributed by atoms with van der Waals surface area (Å²) in [6.45, 7) is 5.57.